The molecule has 0 aromatic heterocycles. The molecule has 4 nitrogen and oxygen atoms in total. The van der Waals surface area contributed by atoms with Crippen molar-refractivity contribution >= 4 is 23.5 Å². The van der Waals surface area contributed by atoms with Crippen LogP contribution in [0.3, 0.4) is 0 Å². The van der Waals surface area contributed by atoms with Gasteiger partial charge in [-0.1, -0.05) is 20.3 Å². The van der Waals surface area contributed by atoms with Crippen molar-refractivity contribution in [1.29, 1.82) is 0 Å². The molecule has 0 aliphatic rings. The summed E-state index contributed by atoms with van der Waals surface area (Å²) < 4.78 is 4.99. The summed E-state index contributed by atoms with van der Waals surface area (Å²) >= 11 is 5.75. The van der Waals surface area contributed by atoms with Gasteiger partial charge in [0.25, 0.3) is 0 Å². The van der Waals surface area contributed by atoms with Crippen LogP contribution in [-0.2, 0) is 14.3 Å². The number of rotatable bonds is 7. The maximum atomic E-state index is 12.0. The number of hydrogen-bond acceptors (Lipinski definition) is 3. The van der Waals surface area contributed by atoms with Gasteiger partial charge in [-0.25, -0.2) is 4.79 Å². The van der Waals surface area contributed by atoms with E-state index in [1.54, 1.807) is 20.8 Å². The summed E-state index contributed by atoms with van der Waals surface area (Å²) in [6.45, 7) is 9.42. The largest absolute Gasteiger partial charge is 0.464 e. The topological polar surface area (TPSA) is 55.4 Å². The summed E-state index contributed by atoms with van der Waals surface area (Å²) in [6, 6.07) is -0.607. The average molecular weight is 278 g/mol. The normalized spacial score (nSPS) is 14.8. The molecule has 106 valence electrons. The number of carbonyl (C=O) groups excluding carboxylic acids is 2. The molecule has 0 fully saturated rings. The van der Waals surface area contributed by atoms with Gasteiger partial charge >= 0.3 is 5.97 Å². The van der Waals surface area contributed by atoms with Gasteiger partial charge in [-0.15, -0.1) is 11.6 Å². The first-order valence-corrected chi connectivity index (χ1v) is 6.87. The molecule has 0 radical (unpaired) electrons. The van der Waals surface area contributed by atoms with Gasteiger partial charge in [0.1, 0.15) is 6.04 Å². The Morgan fingerprint density at radius 1 is 1.33 bits per heavy atom. The number of ether oxygens (including phenoxy) is 1. The minimum atomic E-state index is -0.695. The van der Waals surface area contributed by atoms with Crippen LogP contribution in [-0.4, -0.2) is 30.4 Å². The lowest BCUT2D eigenvalue weighted by molar-refractivity contribution is -0.150. The van der Waals surface area contributed by atoms with Crippen molar-refractivity contribution in [3.8, 4) is 0 Å². The number of esters is 1. The van der Waals surface area contributed by atoms with E-state index in [1.165, 1.54) is 0 Å². The lowest BCUT2D eigenvalue weighted by Crippen LogP contribution is -2.50. The van der Waals surface area contributed by atoms with Gasteiger partial charge in [0.05, 0.1) is 12.0 Å². The lowest BCUT2D eigenvalue weighted by Gasteiger charge is -2.27. The fourth-order valence-corrected chi connectivity index (χ4v) is 1.42. The van der Waals surface area contributed by atoms with E-state index < -0.39 is 11.5 Å². The van der Waals surface area contributed by atoms with Gasteiger partial charge in [0, 0.05) is 5.88 Å². The Balaban J connectivity index is 4.80. The first kappa shape index (κ1) is 17.2. The van der Waals surface area contributed by atoms with Crippen LogP contribution in [0.1, 0.15) is 41.0 Å². The number of nitrogens with one attached hydrogen (secondary N) is 1. The van der Waals surface area contributed by atoms with Crippen LogP contribution in [0.25, 0.3) is 0 Å². The number of amides is 1. The van der Waals surface area contributed by atoms with Gasteiger partial charge in [-0.05, 0) is 26.7 Å². The summed E-state index contributed by atoms with van der Waals surface area (Å²) in [5.41, 5.74) is -0.695. The summed E-state index contributed by atoms with van der Waals surface area (Å²) in [7, 11) is 0. The molecule has 0 bridgehead atoms. The van der Waals surface area contributed by atoms with Crippen LogP contribution in [0.4, 0.5) is 0 Å². The average Bonchev–Trinajstić information content (AvgIpc) is 2.34. The van der Waals surface area contributed by atoms with Crippen molar-refractivity contribution in [3.63, 3.8) is 0 Å². The van der Waals surface area contributed by atoms with Crippen LogP contribution in [0.2, 0.25) is 0 Å². The zero-order valence-corrected chi connectivity index (χ0v) is 12.6. The van der Waals surface area contributed by atoms with E-state index in [-0.39, 0.29) is 23.7 Å². The lowest BCUT2D eigenvalue weighted by atomic mass is 9.92. The Morgan fingerprint density at radius 2 is 1.89 bits per heavy atom. The number of hydrogen-bond donors (Lipinski definition) is 1. The highest BCUT2D eigenvalue weighted by molar-refractivity contribution is 6.19. The van der Waals surface area contributed by atoms with E-state index in [0.717, 1.165) is 6.42 Å². The number of halogens is 1. The molecule has 18 heavy (non-hydrogen) atoms. The van der Waals surface area contributed by atoms with Crippen molar-refractivity contribution in [1.82, 2.24) is 5.32 Å². The standard InChI is InChI=1S/C13H24ClNO3/c1-6-9(3)10(11(16)18-7-2)15-12(17)13(4,5)8-14/h9-10H,6-8H2,1-5H3,(H,15,17). The minimum Gasteiger partial charge on any atom is -0.464 e. The Kier molecular flexibility index (Phi) is 7.29. The van der Waals surface area contributed by atoms with Crippen LogP contribution in [0.15, 0.2) is 0 Å². The fourth-order valence-electron chi connectivity index (χ4n) is 1.30. The molecule has 0 heterocycles. The Morgan fingerprint density at radius 3 is 2.28 bits per heavy atom. The molecule has 1 amide bonds. The first-order chi connectivity index (χ1) is 8.30. The molecule has 0 aliphatic heterocycles. The monoisotopic (exact) mass is 277 g/mol. The Labute approximate surface area is 114 Å². The van der Waals surface area contributed by atoms with Gasteiger partial charge in [0.2, 0.25) is 5.91 Å². The minimum absolute atomic E-state index is 0.0270. The second kappa shape index (κ2) is 7.62. The van der Waals surface area contributed by atoms with Crippen molar-refractivity contribution in [2.24, 2.45) is 11.3 Å². The zero-order chi connectivity index (χ0) is 14.3. The third-order valence-electron chi connectivity index (χ3n) is 2.99. The van der Waals surface area contributed by atoms with Crippen LogP contribution in [0, 0.1) is 11.3 Å². The highest BCUT2D eigenvalue weighted by atomic mass is 35.5. The van der Waals surface area contributed by atoms with E-state index in [9.17, 15) is 9.59 Å². The van der Waals surface area contributed by atoms with Crippen molar-refractivity contribution in [2.45, 2.75) is 47.1 Å². The van der Waals surface area contributed by atoms with Crippen LogP contribution >= 0.6 is 11.6 Å². The molecular weight excluding hydrogens is 254 g/mol. The van der Waals surface area contributed by atoms with Crippen molar-refractivity contribution in [3.05, 3.63) is 0 Å². The number of carbonyl (C=O) groups is 2. The third kappa shape index (κ3) is 4.84. The maximum absolute atomic E-state index is 12.0. The fraction of sp³-hybridized carbons (Fsp3) is 0.846. The molecule has 5 heteroatoms. The molecule has 2 atom stereocenters. The van der Waals surface area contributed by atoms with Crippen LogP contribution in [0.5, 0.6) is 0 Å². The van der Waals surface area contributed by atoms with E-state index in [0.29, 0.717) is 6.61 Å². The molecule has 0 aromatic carbocycles. The Bertz CT molecular complexity index is 292. The zero-order valence-electron chi connectivity index (χ0n) is 11.9. The predicted molar refractivity (Wildman–Crippen MR) is 72.5 cm³/mol. The molecule has 0 spiro atoms. The molecule has 1 N–H and O–H groups in total. The van der Waals surface area contributed by atoms with Gasteiger partial charge < -0.3 is 10.1 Å². The van der Waals surface area contributed by atoms with Gasteiger partial charge in [-0.3, -0.25) is 4.79 Å². The highest BCUT2D eigenvalue weighted by Gasteiger charge is 2.33. The molecular formula is C13H24ClNO3. The van der Waals surface area contributed by atoms with Crippen LogP contribution < -0.4 is 5.32 Å². The van der Waals surface area contributed by atoms with Gasteiger partial charge in [0.15, 0.2) is 0 Å². The SMILES string of the molecule is CCOC(=O)C(NC(=O)C(C)(C)CCl)C(C)CC. The summed E-state index contributed by atoms with van der Waals surface area (Å²) in [6.07, 6.45) is 0.783. The van der Waals surface area contributed by atoms with Crippen molar-refractivity contribution in [2.75, 3.05) is 12.5 Å². The number of alkyl halides is 1. The summed E-state index contributed by atoms with van der Waals surface area (Å²) in [5, 5.41) is 2.75. The molecule has 0 aromatic rings. The second-order valence-corrected chi connectivity index (χ2v) is 5.37. The molecule has 0 saturated carbocycles. The summed E-state index contributed by atoms with van der Waals surface area (Å²) in [4.78, 5) is 23.9. The van der Waals surface area contributed by atoms with E-state index in [4.69, 9.17) is 16.3 Å². The molecule has 0 rings (SSSR count). The van der Waals surface area contributed by atoms with E-state index in [1.807, 2.05) is 13.8 Å². The molecule has 0 aliphatic carbocycles. The third-order valence-corrected chi connectivity index (χ3v) is 3.66. The first-order valence-electron chi connectivity index (χ1n) is 6.33. The summed E-state index contributed by atoms with van der Waals surface area (Å²) in [5.74, 6) is -0.380. The van der Waals surface area contributed by atoms with Crippen molar-refractivity contribution < 1.29 is 14.3 Å². The van der Waals surface area contributed by atoms with E-state index in [2.05, 4.69) is 5.32 Å². The maximum Gasteiger partial charge on any atom is 0.328 e. The quantitative estimate of drug-likeness (QED) is 0.574. The van der Waals surface area contributed by atoms with E-state index >= 15 is 0 Å². The molecule has 2 unspecified atom stereocenters. The second-order valence-electron chi connectivity index (χ2n) is 5.11. The molecule has 0 saturated heterocycles. The predicted octanol–water partition coefficient (Wildman–Crippen LogP) is 2.35. The van der Waals surface area contributed by atoms with Gasteiger partial charge in [-0.2, -0.15) is 0 Å². The highest BCUT2D eigenvalue weighted by Crippen LogP contribution is 2.19. The Hall–Kier alpha value is -0.770. The smallest absolute Gasteiger partial charge is 0.328 e.